The molecule has 3 aliphatic heterocycles. The summed E-state index contributed by atoms with van der Waals surface area (Å²) in [5.74, 6) is -5.96. The van der Waals surface area contributed by atoms with Crippen molar-refractivity contribution in [3.05, 3.63) is 22.8 Å². The van der Waals surface area contributed by atoms with Gasteiger partial charge in [0.1, 0.15) is 18.8 Å². The average Bonchev–Trinajstić information content (AvgIpc) is 3.00. The SMILES string of the molecule is CC(=O)OCC1OC(Oc2c(C(C)C)cc3c(c2O)C24CCC(O)(OC2)C(C)(C)C4CC3OC(C)=O)C(OC(C)=O)C(OC(C)=O)C1OC(C)=O. The number of benzene rings is 1. The third kappa shape index (κ3) is 6.87. The first-order chi connectivity index (χ1) is 23.7. The smallest absolute Gasteiger partial charge is 0.303 e. The Morgan fingerprint density at radius 1 is 0.863 bits per heavy atom. The molecule has 1 saturated carbocycles. The molecule has 282 valence electrons. The van der Waals surface area contributed by atoms with Crippen LogP contribution in [0.1, 0.15) is 110 Å². The molecule has 3 heterocycles. The van der Waals surface area contributed by atoms with E-state index in [2.05, 4.69) is 0 Å². The van der Waals surface area contributed by atoms with Crippen LogP contribution in [0.3, 0.4) is 0 Å². The van der Waals surface area contributed by atoms with Gasteiger partial charge in [0.25, 0.3) is 0 Å². The summed E-state index contributed by atoms with van der Waals surface area (Å²) >= 11 is 0. The molecule has 2 bridgehead atoms. The highest BCUT2D eigenvalue weighted by atomic mass is 16.7. The van der Waals surface area contributed by atoms with Gasteiger partial charge in [0, 0.05) is 68.6 Å². The molecular weight excluding hydrogens is 672 g/mol. The van der Waals surface area contributed by atoms with Gasteiger partial charge in [-0.15, -0.1) is 0 Å². The molecule has 2 N–H and O–H groups in total. The van der Waals surface area contributed by atoms with Crippen LogP contribution >= 0.6 is 0 Å². The van der Waals surface area contributed by atoms with Crippen LogP contribution in [0.15, 0.2) is 6.07 Å². The monoisotopic (exact) mass is 720 g/mol. The van der Waals surface area contributed by atoms with Gasteiger partial charge in [0.2, 0.25) is 12.4 Å². The number of hydrogen-bond donors (Lipinski definition) is 2. The number of hydrogen-bond acceptors (Lipinski definition) is 15. The van der Waals surface area contributed by atoms with E-state index in [0.29, 0.717) is 29.5 Å². The number of rotatable bonds is 9. The van der Waals surface area contributed by atoms with Gasteiger partial charge in [-0.1, -0.05) is 27.7 Å². The molecule has 4 fully saturated rings. The van der Waals surface area contributed by atoms with E-state index in [-0.39, 0.29) is 36.4 Å². The molecule has 3 saturated heterocycles. The highest BCUT2D eigenvalue weighted by Gasteiger charge is 2.69. The van der Waals surface area contributed by atoms with Crippen molar-refractivity contribution in [2.45, 2.75) is 136 Å². The van der Waals surface area contributed by atoms with Crippen LogP contribution in [0.2, 0.25) is 0 Å². The van der Waals surface area contributed by atoms with Crippen LogP contribution in [0.25, 0.3) is 0 Å². The summed E-state index contributed by atoms with van der Waals surface area (Å²) in [7, 11) is 0. The molecule has 1 spiro atoms. The van der Waals surface area contributed by atoms with Gasteiger partial charge in [-0.25, -0.2) is 0 Å². The number of phenols is 1. The van der Waals surface area contributed by atoms with E-state index < -0.39 is 89.9 Å². The van der Waals surface area contributed by atoms with E-state index in [1.807, 2.05) is 27.7 Å². The molecule has 5 aliphatic rings. The van der Waals surface area contributed by atoms with E-state index in [1.165, 1.54) is 13.8 Å². The van der Waals surface area contributed by atoms with Crippen LogP contribution in [-0.2, 0) is 62.5 Å². The maximum Gasteiger partial charge on any atom is 0.303 e. The number of carbonyl (C=O) groups is 5. The second kappa shape index (κ2) is 13.9. The number of aromatic hydroxyl groups is 1. The van der Waals surface area contributed by atoms with Crippen molar-refractivity contribution >= 4 is 29.8 Å². The Morgan fingerprint density at radius 2 is 1.45 bits per heavy atom. The zero-order valence-corrected chi connectivity index (χ0v) is 30.4. The fourth-order valence-corrected chi connectivity index (χ4v) is 8.50. The first-order valence-electron chi connectivity index (χ1n) is 17.1. The first-order valence-corrected chi connectivity index (χ1v) is 17.1. The molecule has 9 unspecified atom stereocenters. The predicted octanol–water partition coefficient (Wildman–Crippen LogP) is 3.38. The lowest BCUT2D eigenvalue weighted by atomic mass is 9.45. The van der Waals surface area contributed by atoms with E-state index >= 15 is 0 Å². The normalized spacial score (nSPS) is 33.3. The van der Waals surface area contributed by atoms with Crippen LogP contribution in [0.4, 0.5) is 0 Å². The van der Waals surface area contributed by atoms with Crippen LogP contribution < -0.4 is 4.74 Å². The Hall–Kier alpha value is -3.95. The minimum absolute atomic E-state index is 0.0505. The van der Waals surface area contributed by atoms with E-state index in [0.717, 1.165) is 20.8 Å². The second-order valence-electron chi connectivity index (χ2n) is 14.8. The fourth-order valence-electron chi connectivity index (χ4n) is 8.50. The summed E-state index contributed by atoms with van der Waals surface area (Å²) in [5.41, 5.74) is -0.148. The van der Waals surface area contributed by atoms with Gasteiger partial charge in [-0.05, 0) is 30.7 Å². The van der Waals surface area contributed by atoms with Crippen molar-refractivity contribution in [3.8, 4) is 11.5 Å². The Balaban J connectivity index is 1.69. The largest absolute Gasteiger partial charge is 0.504 e. The lowest BCUT2D eigenvalue weighted by molar-refractivity contribution is -0.359. The topological polar surface area (TPSA) is 200 Å². The molecule has 0 radical (unpaired) electrons. The molecule has 2 aliphatic carbocycles. The summed E-state index contributed by atoms with van der Waals surface area (Å²) in [5, 5.41) is 24.0. The van der Waals surface area contributed by atoms with Crippen molar-refractivity contribution < 1.29 is 72.1 Å². The lowest BCUT2D eigenvalue weighted by Crippen LogP contribution is -2.69. The van der Waals surface area contributed by atoms with Gasteiger partial charge in [0.05, 0.1) is 6.61 Å². The van der Waals surface area contributed by atoms with Crippen LogP contribution in [0, 0.1) is 11.3 Å². The third-order valence-corrected chi connectivity index (χ3v) is 10.7. The number of phenolic OH excluding ortho intramolecular Hbond substituents is 1. The van der Waals surface area contributed by atoms with Gasteiger partial charge in [-0.2, -0.15) is 0 Å². The Morgan fingerprint density at radius 3 is 1.98 bits per heavy atom. The zero-order chi connectivity index (χ0) is 37.8. The minimum atomic E-state index is -1.61. The summed E-state index contributed by atoms with van der Waals surface area (Å²) in [6, 6.07) is 1.81. The molecular formula is C36H48O15. The van der Waals surface area contributed by atoms with Crippen molar-refractivity contribution in [2.75, 3.05) is 13.2 Å². The molecule has 9 atom stereocenters. The van der Waals surface area contributed by atoms with Crippen molar-refractivity contribution in [2.24, 2.45) is 11.3 Å². The number of ether oxygens (including phenoxy) is 8. The molecule has 0 aromatic heterocycles. The molecule has 1 aromatic carbocycles. The van der Waals surface area contributed by atoms with Gasteiger partial charge >= 0.3 is 29.8 Å². The molecule has 1 aromatic rings. The molecule has 0 amide bonds. The van der Waals surface area contributed by atoms with Gasteiger partial charge in [0.15, 0.2) is 29.5 Å². The van der Waals surface area contributed by atoms with E-state index in [4.69, 9.17) is 37.9 Å². The lowest BCUT2D eigenvalue weighted by Gasteiger charge is -2.66. The van der Waals surface area contributed by atoms with Crippen molar-refractivity contribution in [1.29, 1.82) is 0 Å². The third-order valence-electron chi connectivity index (χ3n) is 10.7. The summed E-state index contributed by atoms with van der Waals surface area (Å²) in [4.78, 5) is 61.3. The fraction of sp³-hybridized carbons (Fsp3) is 0.694. The standard InChI is InChI=1S/C36H48O15/c1-16(2)22-12-23-24(46-18(4)38)13-26-34(8,9)36(43)11-10-35(26,15-45-36)27(23)28(42)29(22)51-33-32(49-21(7)41)31(48-20(6)40)30(47-19(5)39)25(50-33)14-44-17(3)37/h12,16,24-26,30-33,42-43H,10-11,13-15H2,1-9H3. The quantitative estimate of drug-likeness (QED) is 0.278. The van der Waals surface area contributed by atoms with Gasteiger partial charge in [-0.3, -0.25) is 24.0 Å². The number of esters is 5. The van der Waals surface area contributed by atoms with Crippen LogP contribution in [-0.4, -0.2) is 89.8 Å². The van der Waals surface area contributed by atoms with Gasteiger partial charge < -0.3 is 48.1 Å². The van der Waals surface area contributed by atoms with Crippen molar-refractivity contribution in [3.63, 3.8) is 0 Å². The van der Waals surface area contributed by atoms with E-state index in [1.54, 1.807) is 6.07 Å². The first kappa shape index (κ1) is 38.3. The summed E-state index contributed by atoms with van der Waals surface area (Å²) < 4.78 is 46.6. The Bertz CT molecular complexity index is 1570. The highest BCUT2D eigenvalue weighted by Crippen LogP contribution is 2.68. The predicted molar refractivity (Wildman–Crippen MR) is 173 cm³/mol. The number of carbonyl (C=O) groups excluding carboxylic acids is 5. The summed E-state index contributed by atoms with van der Waals surface area (Å²) in [6.07, 6.45) is -6.97. The van der Waals surface area contributed by atoms with Crippen LogP contribution in [0.5, 0.6) is 11.5 Å². The molecule has 51 heavy (non-hydrogen) atoms. The summed E-state index contributed by atoms with van der Waals surface area (Å²) in [6.45, 7) is 13.0. The number of aliphatic hydroxyl groups is 1. The molecule has 15 nitrogen and oxygen atoms in total. The Labute approximate surface area is 296 Å². The minimum Gasteiger partial charge on any atom is -0.504 e. The highest BCUT2D eigenvalue weighted by molar-refractivity contribution is 5.69. The molecule has 6 rings (SSSR count). The second-order valence-corrected chi connectivity index (χ2v) is 14.8. The average molecular weight is 721 g/mol. The zero-order valence-electron chi connectivity index (χ0n) is 30.4. The van der Waals surface area contributed by atoms with E-state index in [9.17, 15) is 34.2 Å². The Kier molecular flexibility index (Phi) is 10.4. The number of fused-ring (bicyclic) bond motifs is 3. The maximum atomic E-state index is 12.5. The molecule has 15 heteroatoms. The van der Waals surface area contributed by atoms with Crippen molar-refractivity contribution in [1.82, 2.24) is 0 Å². The maximum absolute atomic E-state index is 12.5.